The number of carboxylic acid groups (broad SMARTS) is 4. The Hall–Kier alpha value is -8.43. The summed E-state index contributed by atoms with van der Waals surface area (Å²) in [6.07, 6.45) is -10.5. The van der Waals surface area contributed by atoms with Gasteiger partial charge in [0.05, 0.1) is 85.7 Å². The zero-order chi connectivity index (χ0) is 68.8. The third kappa shape index (κ3) is 30.3. The lowest BCUT2D eigenvalue weighted by atomic mass is 9.99. The fourth-order valence-corrected chi connectivity index (χ4v) is 9.08. The Morgan fingerprint density at radius 3 is 1.58 bits per heavy atom. The van der Waals surface area contributed by atoms with Crippen molar-refractivity contribution in [1.82, 2.24) is 30.5 Å². The molecule has 3 aromatic carbocycles. The highest BCUT2D eigenvalue weighted by Crippen LogP contribution is 2.39. The first kappa shape index (κ1) is 80.7. The number of nitrogens with zero attached hydrogens (tertiary/aromatic N) is 9. The van der Waals surface area contributed by atoms with Crippen LogP contribution in [0.5, 0.6) is 11.8 Å². The number of halogens is 11. The highest BCUT2D eigenvalue weighted by atomic mass is 127. The minimum absolute atomic E-state index is 0. The van der Waals surface area contributed by atoms with Crippen molar-refractivity contribution in [2.75, 3.05) is 80.2 Å². The predicted molar refractivity (Wildman–Crippen MR) is 342 cm³/mol. The maximum atomic E-state index is 13.8. The molecule has 508 valence electrons. The number of pyridine rings is 3. The Morgan fingerprint density at radius 1 is 0.656 bits per heavy atom. The molecule has 0 aliphatic rings. The monoisotopic (exact) mass is 1550 g/mol. The minimum atomic E-state index is -4.77. The van der Waals surface area contributed by atoms with Crippen LogP contribution in [-0.4, -0.2) is 146 Å². The van der Waals surface area contributed by atoms with Gasteiger partial charge in [-0.1, -0.05) is 64.4 Å². The fraction of sp³-hybridized carbons (Fsp3) is 0.418. The van der Waals surface area contributed by atoms with E-state index in [0.717, 1.165) is 12.1 Å². The first-order valence-corrected chi connectivity index (χ1v) is 28.8. The van der Waals surface area contributed by atoms with Crippen molar-refractivity contribution in [2.24, 2.45) is 10.2 Å². The van der Waals surface area contributed by atoms with Crippen molar-refractivity contribution in [2.45, 2.75) is 82.5 Å². The van der Waals surface area contributed by atoms with Crippen LogP contribution in [0.2, 0.25) is 0 Å². The zero-order valence-corrected chi connectivity index (χ0v) is 53.5. The lowest BCUT2D eigenvalue weighted by molar-refractivity contribution is -0.142. The van der Waals surface area contributed by atoms with Crippen molar-refractivity contribution in [1.29, 1.82) is 0 Å². The van der Waals surface area contributed by atoms with Gasteiger partial charge in [-0.15, -0.1) is 24.0 Å². The second-order valence-corrected chi connectivity index (χ2v) is 20.5. The van der Waals surface area contributed by atoms with Crippen LogP contribution >= 0.6 is 46.6 Å². The van der Waals surface area contributed by atoms with E-state index < -0.39 is 109 Å². The first-order valence-electron chi connectivity index (χ1n) is 27.3. The molecule has 3 aromatic heterocycles. The van der Waals surface area contributed by atoms with Crippen molar-refractivity contribution < 1.29 is 93.4 Å². The summed E-state index contributed by atoms with van der Waals surface area (Å²) in [5.74, 6) is -6.03. The average Bonchev–Trinajstić information content (AvgIpc) is 0.805. The van der Waals surface area contributed by atoms with Crippen molar-refractivity contribution in [3.05, 3.63) is 121 Å². The van der Waals surface area contributed by atoms with E-state index in [9.17, 15) is 73.4 Å². The highest BCUT2D eigenvalue weighted by molar-refractivity contribution is 14.1. The number of nitrogens with two attached hydrogens (primary N) is 2. The molecule has 0 aliphatic carbocycles. The molecule has 2 atom stereocenters. The number of carbonyl (C=O) groups excluding carboxylic acids is 1. The van der Waals surface area contributed by atoms with Crippen molar-refractivity contribution in [3.63, 3.8) is 0 Å². The number of hydrogen-bond acceptors (Lipinski definition) is 17. The number of nitrogen functional groups attached to an aromatic ring is 2. The minimum Gasteiger partial charge on any atom is -0.480 e. The van der Waals surface area contributed by atoms with Gasteiger partial charge >= 0.3 is 42.4 Å². The molecule has 0 saturated carbocycles. The maximum Gasteiger partial charge on any atom is 0.417 e. The standard InChI is InChI=1S/C29H37F3N8O10.C12H10F3N5O.C10H7F3N2O.C4H9I.HI/c30-29(31,32)21-12-24(50-9-7-36-39-33)38-22-10-19(5-6-20(21)22)37-23(41)11-18(35-14-26(44)45)4-3-17(34-13-25(42)43)2-1-8-40(15-27(46)47)16-28(48)49;13-12(14,15)9-6-11(21-4-3-18-20-17)19-10-5-7(16)1-2-8(9)10;11-10(12,13)7-4-9(16)15-8-3-5(14)1-2-6(7)8;1-2-3-4-5;/h5-6,10,12,17-18,34-35H,1-4,7-9,11,13-16H2,(H,37,41)(H,42,43)(H,44,45)(H,46,47)(H,48,49);1-2,5-6H,3-4,16H2;1-4H,14H2,(H,15,16);2-4H2,1H3;1H. The summed E-state index contributed by atoms with van der Waals surface area (Å²) < 4.78 is 130. The number of carbonyl (C=O) groups is 5. The SMILES string of the molecule is CCCCI.I.Nc1ccc2c(C(F)(F)F)cc(=O)[nH]c2c1.[N-]=[N+]=NCCOc1cc(C(F)(F)F)c2ccc(N)cc2n1.[N-]=[N+]=NCCOc1cc(C(F)(F)F)c2ccc(NC(=O)CC(CCC(CCCN(CC(=O)O)CC(=O)O)NCC(=O)O)NCC(=O)O)cc2n1. The van der Waals surface area contributed by atoms with E-state index in [1.807, 2.05) is 0 Å². The summed E-state index contributed by atoms with van der Waals surface area (Å²) in [4.78, 5) is 85.3. The molecule has 12 N–H and O–H groups in total. The molecule has 0 spiro atoms. The quantitative estimate of drug-likeness (QED) is 0.00293. The fourth-order valence-electron chi connectivity index (χ4n) is 8.32. The number of fused-ring (bicyclic) bond motifs is 3. The summed E-state index contributed by atoms with van der Waals surface area (Å²) in [6, 6.07) is 12.3. The van der Waals surface area contributed by atoms with Crippen LogP contribution in [0.15, 0.2) is 87.8 Å². The van der Waals surface area contributed by atoms with E-state index in [1.54, 1.807) is 0 Å². The van der Waals surface area contributed by atoms with Crippen LogP contribution in [0.1, 0.15) is 68.6 Å². The summed E-state index contributed by atoms with van der Waals surface area (Å²) in [6.45, 7) is -0.148. The lowest BCUT2D eigenvalue weighted by Crippen LogP contribution is -2.40. The molecule has 2 unspecified atom stereocenters. The number of aromatic nitrogens is 3. The number of ether oxygens (including phenoxy) is 2. The van der Waals surface area contributed by atoms with Gasteiger partial charge in [-0.25, -0.2) is 9.97 Å². The number of H-pyrrole nitrogens is 1. The predicted octanol–water partition coefficient (Wildman–Crippen LogP) is 10.9. The van der Waals surface area contributed by atoms with E-state index in [2.05, 4.69) is 80.5 Å². The average molecular weight is 1550 g/mol. The van der Waals surface area contributed by atoms with E-state index in [-0.39, 0.29) is 133 Å². The molecule has 0 aliphatic heterocycles. The van der Waals surface area contributed by atoms with Gasteiger partial charge in [-0.05, 0) is 90.5 Å². The molecule has 38 heteroatoms. The Labute approximate surface area is 552 Å². The smallest absolute Gasteiger partial charge is 0.417 e. The van der Waals surface area contributed by atoms with E-state index in [1.165, 1.54) is 70.7 Å². The number of carboxylic acids is 4. The van der Waals surface area contributed by atoms with Gasteiger partial charge in [0, 0.05) is 79.7 Å². The number of aromatic amines is 1. The summed E-state index contributed by atoms with van der Waals surface area (Å²) >= 11 is 2.39. The van der Waals surface area contributed by atoms with Crippen LogP contribution in [0, 0.1) is 0 Å². The number of alkyl halides is 10. The second kappa shape index (κ2) is 39.9. The number of azide groups is 2. The molecule has 27 nitrogen and oxygen atoms in total. The van der Waals surface area contributed by atoms with Gasteiger partial charge < -0.3 is 62.3 Å². The molecular formula is C55H64F9I2N15O12. The Kier molecular flexibility index (Phi) is 34.6. The van der Waals surface area contributed by atoms with Crippen molar-refractivity contribution >= 4 is 126 Å². The molecule has 0 saturated heterocycles. The number of amides is 1. The topological polar surface area (TPSA) is 432 Å². The van der Waals surface area contributed by atoms with Gasteiger partial charge in [0.15, 0.2) is 0 Å². The molecule has 0 bridgehead atoms. The second-order valence-electron chi connectivity index (χ2n) is 19.4. The third-order valence-electron chi connectivity index (χ3n) is 12.3. The van der Waals surface area contributed by atoms with Gasteiger partial charge in [-0.2, -0.15) is 39.5 Å². The number of nitrogens with one attached hydrogen (secondary N) is 4. The van der Waals surface area contributed by atoms with Gasteiger partial charge in [0.2, 0.25) is 23.2 Å². The van der Waals surface area contributed by atoms with Crippen LogP contribution < -0.4 is 42.5 Å². The number of unbranched alkanes of at least 4 members (excludes halogenated alkanes) is 1. The zero-order valence-electron chi connectivity index (χ0n) is 49.0. The number of hydrogen-bond donors (Lipinski definition) is 10. The Balaban J connectivity index is 0.000000551. The molecular weight excluding hydrogens is 1490 g/mol. The van der Waals surface area contributed by atoms with Crippen LogP contribution in [0.4, 0.5) is 56.6 Å². The van der Waals surface area contributed by atoms with Crippen LogP contribution in [-0.2, 0) is 42.5 Å². The number of benzene rings is 3. The molecule has 0 fully saturated rings. The van der Waals surface area contributed by atoms with E-state index >= 15 is 0 Å². The highest BCUT2D eigenvalue weighted by Gasteiger charge is 2.36. The summed E-state index contributed by atoms with van der Waals surface area (Å²) in [7, 11) is 0. The first-order chi connectivity index (χ1) is 43.3. The van der Waals surface area contributed by atoms with Crippen LogP contribution in [0.25, 0.3) is 53.6 Å². The lowest BCUT2D eigenvalue weighted by Gasteiger charge is -2.24. The number of rotatable bonds is 30. The van der Waals surface area contributed by atoms with Crippen molar-refractivity contribution in [3.8, 4) is 11.8 Å². The van der Waals surface area contributed by atoms with Crippen LogP contribution in [0.3, 0.4) is 0 Å². The van der Waals surface area contributed by atoms with Gasteiger partial charge in [-0.3, -0.25) is 33.7 Å². The van der Waals surface area contributed by atoms with Gasteiger partial charge in [0.25, 0.3) is 0 Å². The van der Waals surface area contributed by atoms with E-state index in [4.69, 9.17) is 47.3 Å². The summed E-state index contributed by atoms with van der Waals surface area (Å²) in [5, 5.41) is 50.6. The van der Waals surface area contributed by atoms with Gasteiger partial charge in [0.1, 0.15) is 0 Å². The number of anilines is 3. The third-order valence-corrected chi connectivity index (χ3v) is 13.0. The number of aliphatic carboxylic acids is 4. The largest absolute Gasteiger partial charge is 0.480 e. The molecule has 0 radical (unpaired) electrons. The Morgan fingerprint density at radius 2 is 1.12 bits per heavy atom. The molecule has 3 heterocycles. The molecule has 1 amide bonds. The summed E-state index contributed by atoms with van der Waals surface area (Å²) in [5.41, 5.74) is 24.5. The Bertz CT molecular complexity index is 3620. The molecule has 93 heavy (non-hydrogen) atoms. The molecule has 6 aromatic rings. The normalized spacial score (nSPS) is 11.8. The maximum absolute atomic E-state index is 13.8. The van der Waals surface area contributed by atoms with E-state index in [0.29, 0.717) is 29.9 Å². The molecule has 6 rings (SSSR count).